The predicted octanol–water partition coefficient (Wildman–Crippen LogP) is -1.55. The molecule has 0 unspecified atom stereocenters. The molecule has 0 aliphatic carbocycles. The molecule has 1 aromatic heterocycles. The van der Waals surface area contributed by atoms with E-state index in [0.29, 0.717) is 0 Å². The van der Waals surface area contributed by atoms with Gasteiger partial charge in [0.2, 0.25) is 0 Å². The molecule has 0 aromatic carbocycles. The van der Waals surface area contributed by atoms with Crippen LogP contribution in [0.1, 0.15) is 0 Å². The largest absolute Gasteiger partial charge is 0.395 e. The Kier molecular flexibility index (Phi) is 3.80. The van der Waals surface area contributed by atoms with Crippen LogP contribution in [0, 0.1) is 0 Å². The van der Waals surface area contributed by atoms with Crippen molar-refractivity contribution >= 4 is 19.1 Å². The number of β-amino-alcohol motifs (C(OH)–C–C–N with tert-alkyl or cyclic N) is 1. The van der Waals surface area contributed by atoms with E-state index in [9.17, 15) is 0 Å². The van der Waals surface area contributed by atoms with Gasteiger partial charge in [-0.25, -0.2) is 0 Å². The fourth-order valence-electron chi connectivity index (χ4n) is 2.02. The molecule has 0 saturated carbocycles. The summed E-state index contributed by atoms with van der Waals surface area (Å²) in [6, 6.07) is 4.18. The van der Waals surface area contributed by atoms with Crippen molar-refractivity contribution in [2.45, 2.75) is 0 Å². The Labute approximate surface area is 97.3 Å². The van der Waals surface area contributed by atoms with E-state index in [2.05, 4.69) is 26.9 Å². The lowest BCUT2D eigenvalue weighted by molar-refractivity contribution is 0.189. The lowest BCUT2D eigenvalue weighted by Gasteiger charge is -2.35. The summed E-state index contributed by atoms with van der Waals surface area (Å²) in [6.45, 7) is 5.13. The molecule has 0 radical (unpaired) electrons. The summed E-state index contributed by atoms with van der Waals surface area (Å²) in [7, 11) is 2.00. The van der Waals surface area contributed by atoms with E-state index in [4.69, 9.17) is 5.11 Å². The van der Waals surface area contributed by atoms with Crippen molar-refractivity contribution < 1.29 is 5.11 Å². The number of hydrogen-bond donors (Lipinski definition) is 1. The molecule has 1 aromatic rings. The highest BCUT2D eigenvalue weighted by Gasteiger charge is 2.16. The van der Waals surface area contributed by atoms with Gasteiger partial charge in [-0.3, -0.25) is 9.88 Å². The minimum Gasteiger partial charge on any atom is -0.395 e. The summed E-state index contributed by atoms with van der Waals surface area (Å²) >= 11 is 0. The van der Waals surface area contributed by atoms with Gasteiger partial charge in [-0.05, 0) is 17.7 Å². The van der Waals surface area contributed by atoms with E-state index in [1.54, 1.807) is 0 Å². The van der Waals surface area contributed by atoms with Gasteiger partial charge in [-0.2, -0.15) is 0 Å². The first-order valence-corrected chi connectivity index (χ1v) is 5.80. The zero-order valence-electron chi connectivity index (χ0n) is 9.76. The highest BCUT2D eigenvalue weighted by molar-refractivity contribution is 6.30. The number of hydrogen-bond acceptors (Lipinski definition) is 4. The first kappa shape index (κ1) is 11.4. The fraction of sp³-hybridized carbons (Fsp3) is 0.545. The molecular formula is C11H18BN3O. The van der Waals surface area contributed by atoms with Crippen LogP contribution in [-0.4, -0.2) is 62.2 Å². The number of rotatable bonds is 3. The zero-order chi connectivity index (χ0) is 11.4. The number of pyridine rings is 1. The summed E-state index contributed by atoms with van der Waals surface area (Å²) < 4.78 is 0. The summed E-state index contributed by atoms with van der Waals surface area (Å²) in [5.74, 6) is 0. The maximum Gasteiger partial charge on any atom is 0.163 e. The van der Waals surface area contributed by atoms with Crippen molar-refractivity contribution in [2.24, 2.45) is 0 Å². The van der Waals surface area contributed by atoms with E-state index in [1.807, 2.05) is 14.0 Å². The third kappa shape index (κ3) is 2.74. The van der Waals surface area contributed by atoms with E-state index in [1.165, 1.54) is 5.69 Å². The molecule has 4 nitrogen and oxygen atoms in total. The monoisotopic (exact) mass is 219 g/mol. The summed E-state index contributed by atoms with van der Waals surface area (Å²) in [5.41, 5.74) is 2.26. The highest BCUT2D eigenvalue weighted by Crippen LogP contribution is 2.13. The molecule has 0 atom stereocenters. The van der Waals surface area contributed by atoms with Gasteiger partial charge >= 0.3 is 0 Å². The van der Waals surface area contributed by atoms with Crippen molar-refractivity contribution in [3.8, 4) is 0 Å². The maximum absolute atomic E-state index is 8.87. The van der Waals surface area contributed by atoms with Crippen LogP contribution in [0.4, 0.5) is 5.69 Å². The van der Waals surface area contributed by atoms with Gasteiger partial charge in [0, 0.05) is 38.9 Å². The average molecular weight is 219 g/mol. The molecular weight excluding hydrogens is 201 g/mol. The molecule has 2 heterocycles. The molecule has 5 heteroatoms. The second-order valence-corrected chi connectivity index (χ2v) is 4.21. The van der Waals surface area contributed by atoms with Crippen LogP contribution >= 0.6 is 0 Å². The van der Waals surface area contributed by atoms with Crippen molar-refractivity contribution in [2.75, 3.05) is 44.2 Å². The summed E-state index contributed by atoms with van der Waals surface area (Å²) in [6.07, 6.45) is 1.94. The number of nitrogens with zero attached hydrogens (tertiary/aromatic N) is 3. The molecule has 86 valence electrons. The second kappa shape index (κ2) is 5.32. The van der Waals surface area contributed by atoms with Crippen molar-refractivity contribution in [3.63, 3.8) is 0 Å². The van der Waals surface area contributed by atoms with Gasteiger partial charge in [0.1, 0.15) is 0 Å². The first-order valence-electron chi connectivity index (χ1n) is 5.80. The molecule has 1 saturated heterocycles. The van der Waals surface area contributed by atoms with Gasteiger partial charge in [-0.1, -0.05) is 0 Å². The molecule has 1 aliphatic rings. The molecule has 1 fully saturated rings. The van der Waals surface area contributed by atoms with Crippen LogP contribution in [-0.2, 0) is 0 Å². The topological polar surface area (TPSA) is 39.6 Å². The molecule has 0 bridgehead atoms. The average Bonchev–Trinajstić information content (AvgIpc) is 2.32. The smallest absolute Gasteiger partial charge is 0.163 e. The predicted molar refractivity (Wildman–Crippen MR) is 68.2 cm³/mol. The number of aliphatic hydroxyl groups is 1. The van der Waals surface area contributed by atoms with Gasteiger partial charge < -0.3 is 10.0 Å². The van der Waals surface area contributed by atoms with Gasteiger partial charge in [0.05, 0.1) is 12.3 Å². The Morgan fingerprint density at radius 2 is 2.00 bits per heavy atom. The normalized spacial score (nSPS) is 17.7. The Morgan fingerprint density at radius 3 is 2.56 bits per heavy atom. The van der Waals surface area contributed by atoms with Crippen molar-refractivity contribution in [1.29, 1.82) is 0 Å². The van der Waals surface area contributed by atoms with Crippen LogP contribution in [0.3, 0.4) is 0 Å². The minimum absolute atomic E-state index is 0.256. The van der Waals surface area contributed by atoms with Crippen molar-refractivity contribution in [1.82, 2.24) is 9.88 Å². The standard InChI is InChI=1S/C11H18BN3O/c12-11-2-1-10(9-13-11)15-5-3-14(4-6-15)7-8-16/h1-2,9,16H,3-8,12H2. The van der Waals surface area contributed by atoms with E-state index in [0.717, 1.165) is 38.3 Å². The van der Waals surface area contributed by atoms with Crippen molar-refractivity contribution in [3.05, 3.63) is 18.3 Å². The second-order valence-electron chi connectivity index (χ2n) is 4.21. The van der Waals surface area contributed by atoms with Gasteiger partial charge in [0.15, 0.2) is 7.85 Å². The zero-order valence-corrected chi connectivity index (χ0v) is 9.76. The number of anilines is 1. The van der Waals surface area contributed by atoms with E-state index < -0.39 is 0 Å². The van der Waals surface area contributed by atoms with E-state index >= 15 is 0 Å². The Hall–Kier alpha value is -1.07. The minimum atomic E-state index is 0.256. The third-order valence-electron chi connectivity index (χ3n) is 3.05. The third-order valence-corrected chi connectivity index (χ3v) is 3.05. The Bertz CT molecular complexity index is 323. The van der Waals surface area contributed by atoms with Crippen LogP contribution in [0.5, 0.6) is 0 Å². The number of aliphatic hydroxyl groups excluding tert-OH is 1. The molecule has 16 heavy (non-hydrogen) atoms. The molecule has 2 rings (SSSR count). The number of piperazine rings is 1. The van der Waals surface area contributed by atoms with E-state index in [-0.39, 0.29) is 6.61 Å². The van der Waals surface area contributed by atoms with Crippen LogP contribution in [0.25, 0.3) is 0 Å². The first-order chi connectivity index (χ1) is 7.79. The summed E-state index contributed by atoms with van der Waals surface area (Å²) in [5, 5.41) is 8.87. The lowest BCUT2D eigenvalue weighted by atomic mass is 10.0. The summed E-state index contributed by atoms with van der Waals surface area (Å²) in [4.78, 5) is 8.95. The van der Waals surface area contributed by atoms with Crippen LogP contribution in [0.2, 0.25) is 0 Å². The molecule has 0 amide bonds. The fourth-order valence-corrected chi connectivity index (χ4v) is 2.02. The molecule has 1 aliphatic heterocycles. The molecule has 1 N–H and O–H groups in total. The quantitative estimate of drug-likeness (QED) is 0.625. The Balaban J connectivity index is 1.91. The maximum atomic E-state index is 8.87. The lowest BCUT2D eigenvalue weighted by Crippen LogP contribution is -2.47. The van der Waals surface area contributed by atoms with Gasteiger partial charge in [0.25, 0.3) is 0 Å². The Morgan fingerprint density at radius 1 is 1.25 bits per heavy atom. The van der Waals surface area contributed by atoms with Crippen LogP contribution < -0.4 is 10.5 Å². The van der Waals surface area contributed by atoms with Crippen LogP contribution in [0.15, 0.2) is 18.3 Å². The van der Waals surface area contributed by atoms with Gasteiger partial charge in [-0.15, -0.1) is 0 Å². The highest BCUT2D eigenvalue weighted by atomic mass is 16.3. The number of aromatic nitrogens is 1. The molecule has 0 spiro atoms. The SMILES string of the molecule is Bc1ccc(N2CCN(CCO)CC2)cn1.